The molecule has 0 saturated carbocycles. The Hall–Kier alpha value is -1.55. The molecule has 3 rings (SSSR count). The van der Waals surface area contributed by atoms with Gasteiger partial charge in [-0.05, 0) is 56.0 Å². The number of piperidine rings is 1. The van der Waals surface area contributed by atoms with Crippen LogP contribution in [-0.4, -0.2) is 54.2 Å². The third-order valence-electron chi connectivity index (χ3n) is 7.08. The van der Waals surface area contributed by atoms with E-state index >= 15 is 0 Å². The number of hydrogen-bond donors (Lipinski definition) is 0. The molecule has 0 radical (unpaired) electrons. The summed E-state index contributed by atoms with van der Waals surface area (Å²) in [5, 5.41) is 0. The molecule has 28 heavy (non-hydrogen) atoms. The van der Waals surface area contributed by atoms with Crippen molar-refractivity contribution in [2.24, 2.45) is 17.8 Å². The maximum Gasteiger partial charge on any atom is 0.410 e. The van der Waals surface area contributed by atoms with Crippen LogP contribution in [0.2, 0.25) is 0 Å². The average molecular weight is 387 g/mol. The fourth-order valence-electron chi connectivity index (χ4n) is 5.46. The number of likely N-dealkylation sites (tertiary alicyclic amines) is 2. The number of rotatable bonds is 5. The van der Waals surface area contributed by atoms with E-state index in [4.69, 9.17) is 4.74 Å². The van der Waals surface area contributed by atoms with Gasteiger partial charge in [-0.15, -0.1) is 0 Å². The number of nitrogens with zero attached hydrogens (tertiary/aromatic N) is 2. The molecule has 0 aliphatic carbocycles. The van der Waals surface area contributed by atoms with Crippen LogP contribution in [0.15, 0.2) is 30.3 Å². The van der Waals surface area contributed by atoms with Crippen LogP contribution < -0.4 is 0 Å². The molecular formula is C24H38N2O2. The zero-order valence-electron chi connectivity index (χ0n) is 18.4. The van der Waals surface area contributed by atoms with Crippen molar-refractivity contribution < 1.29 is 9.53 Å². The second-order valence-corrected chi connectivity index (χ2v) is 9.56. The van der Waals surface area contributed by atoms with Gasteiger partial charge in [0.05, 0.1) is 5.54 Å². The quantitative estimate of drug-likeness (QED) is 0.726. The molecule has 1 amide bonds. The lowest BCUT2D eigenvalue weighted by atomic mass is 9.73. The molecule has 2 saturated heterocycles. The number of ether oxygens (including phenoxy) is 1. The summed E-state index contributed by atoms with van der Waals surface area (Å²) in [5.41, 5.74) is 1.24. The Labute approximate surface area is 171 Å². The van der Waals surface area contributed by atoms with Crippen molar-refractivity contribution in [3.8, 4) is 0 Å². The molecular weight excluding hydrogens is 348 g/mol. The van der Waals surface area contributed by atoms with E-state index in [1.165, 1.54) is 5.56 Å². The maximum absolute atomic E-state index is 13.3. The average Bonchev–Trinajstić information content (AvgIpc) is 3.05. The summed E-state index contributed by atoms with van der Waals surface area (Å²) < 4.78 is 6.04. The first-order chi connectivity index (χ1) is 13.3. The highest BCUT2D eigenvalue weighted by molar-refractivity contribution is 5.69. The van der Waals surface area contributed by atoms with Crippen molar-refractivity contribution in [3.05, 3.63) is 35.9 Å². The predicted molar refractivity (Wildman–Crippen MR) is 114 cm³/mol. The van der Waals surface area contributed by atoms with E-state index < -0.39 is 0 Å². The van der Waals surface area contributed by atoms with Crippen molar-refractivity contribution in [2.45, 2.75) is 65.0 Å². The van der Waals surface area contributed by atoms with Gasteiger partial charge in [0.1, 0.15) is 6.10 Å². The fourth-order valence-corrected chi connectivity index (χ4v) is 5.46. The molecule has 0 bridgehead atoms. The number of carbonyl (C=O) groups is 1. The highest BCUT2D eigenvalue weighted by Gasteiger charge is 2.52. The highest BCUT2D eigenvalue weighted by Crippen LogP contribution is 2.45. The van der Waals surface area contributed by atoms with Gasteiger partial charge in [-0.3, -0.25) is 0 Å². The maximum atomic E-state index is 13.3. The molecule has 0 aromatic heterocycles. The van der Waals surface area contributed by atoms with Crippen LogP contribution in [0.1, 0.15) is 52.5 Å². The standard InChI is InChI=1S/C24H38N2O2/c1-18(2)24(19(3)4)16-21(15-20-9-7-6-8-10-20)17-26(24)23(27)28-22-11-13-25(5)14-12-22/h6-10,18-19,21-22H,11-17H2,1-5H3. The first-order valence-corrected chi connectivity index (χ1v) is 11.0. The minimum atomic E-state index is -0.123. The number of hydrogen-bond acceptors (Lipinski definition) is 3. The molecule has 2 fully saturated rings. The normalized spacial score (nSPS) is 23.5. The molecule has 156 valence electrons. The molecule has 4 nitrogen and oxygen atoms in total. The Kier molecular flexibility index (Phi) is 6.69. The molecule has 1 aromatic carbocycles. The first kappa shape index (κ1) is 21.2. The molecule has 0 N–H and O–H groups in total. The zero-order chi connectivity index (χ0) is 20.3. The SMILES string of the molecule is CC(C)C1(C(C)C)CC(Cc2ccccc2)CN1C(=O)OC1CCN(C)CC1. The Balaban J connectivity index is 1.76. The molecule has 0 spiro atoms. The Bertz CT molecular complexity index is 627. The molecule has 2 aliphatic heterocycles. The van der Waals surface area contributed by atoms with Crippen LogP contribution in [0.25, 0.3) is 0 Å². The minimum Gasteiger partial charge on any atom is -0.446 e. The predicted octanol–water partition coefficient (Wildman–Crippen LogP) is 4.83. The third kappa shape index (κ3) is 4.37. The van der Waals surface area contributed by atoms with E-state index in [0.29, 0.717) is 17.8 Å². The largest absolute Gasteiger partial charge is 0.446 e. The molecule has 4 heteroatoms. The van der Waals surface area contributed by atoms with Gasteiger partial charge in [0.2, 0.25) is 0 Å². The molecule has 1 atom stereocenters. The van der Waals surface area contributed by atoms with Crippen LogP contribution in [0.4, 0.5) is 4.79 Å². The van der Waals surface area contributed by atoms with Crippen LogP contribution in [0.3, 0.4) is 0 Å². The van der Waals surface area contributed by atoms with Gasteiger partial charge in [0.15, 0.2) is 0 Å². The molecule has 1 unspecified atom stereocenters. The summed E-state index contributed by atoms with van der Waals surface area (Å²) in [6, 6.07) is 10.7. The topological polar surface area (TPSA) is 32.8 Å². The van der Waals surface area contributed by atoms with Crippen molar-refractivity contribution in [1.82, 2.24) is 9.80 Å². The Morgan fingerprint density at radius 3 is 2.29 bits per heavy atom. The van der Waals surface area contributed by atoms with Gasteiger partial charge < -0.3 is 14.5 Å². The third-order valence-corrected chi connectivity index (χ3v) is 7.08. The summed E-state index contributed by atoms with van der Waals surface area (Å²) >= 11 is 0. The van der Waals surface area contributed by atoms with Crippen LogP contribution in [-0.2, 0) is 11.2 Å². The number of carbonyl (C=O) groups excluding carboxylic acids is 1. The second kappa shape index (κ2) is 8.86. The molecule has 2 aliphatic rings. The Morgan fingerprint density at radius 2 is 1.71 bits per heavy atom. The van der Waals surface area contributed by atoms with Gasteiger partial charge in [-0.25, -0.2) is 4.79 Å². The number of benzene rings is 1. The summed E-state index contributed by atoms with van der Waals surface area (Å²) in [6.07, 6.45) is 3.95. The van der Waals surface area contributed by atoms with Gasteiger partial charge >= 0.3 is 6.09 Å². The second-order valence-electron chi connectivity index (χ2n) is 9.56. The smallest absolute Gasteiger partial charge is 0.410 e. The monoisotopic (exact) mass is 386 g/mol. The molecule has 1 aromatic rings. The summed E-state index contributed by atoms with van der Waals surface area (Å²) in [7, 11) is 2.13. The van der Waals surface area contributed by atoms with E-state index in [1.54, 1.807) is 0 Å². The van der Waals surface area contributed by atoms with Crippen molar-refractivity contribution in [1.29, 1.82) is 0 Å². The minimum absolute atomic E-state index is 0.0638. The fraction of sp³-hybridized carbons (Fsp3) is 0.708. The first-order valence-electron chi connectivity index (χ1n) is 11.0. The van der Waals surface area contributed by atoms with Gasteiger partial charge in [-0.1, -0.05) is 58.0 Å². The van der Waals surface area contributed by atoms with Crippen LogP contribution in [0.5, 0.6) is 0 Å². The summed E-state index contributed by atoms with van der Waals surface area (Å²) in [5.74, 6) is 1.29. The lowest BCUT2D eigenvalue weighted by Crippen LogP contribution is -2.55. The lowest BCUT2D eigenvalue weighted by Gasteiger charge is -2.45. The van der Waals surface area contributed by atoms with Gasteiger partial charge in [0.25, 0.3) is 0 Å². The molecule has 2 heterocycles. The summed E-state index contributed by atoms with van der Waals surface area (Å²) in [4.78, 5) is 17.7. The van der Waals surface area contributed by atoms with E-state index in [2.05, 4.69) is 74.9 Å². The van der Waals surface area contributed by atoms with Crippen LogP contribution >= 0.6 is 0 Å². The van der Waals surface area contributed by atoms with Crippen molar-refractivity contribution >= 4 is 6.09 Å². The van der Waals surface area contributed by atoms with Crippen molar-refractivity contribution in [3.63, 3.8) is 0 Å². The van der Waals surface area contributed by atoms with Crippen LogP contribution in [0, 0.1) is 17.8 Å². The summed E-state index contributed by atoms with van der Waals surface area (Å²) in [6.45, 7) is 11.9. The lowest BCUT2D eigenvalue weighted by molar-refractivity contribution is -0.00701. The number of amides is 1. The van der Waals surface area contributed by atoms with Gasteiger partial charge in [0, 0.05) is 19.6 Å². The van der Waals surface area contributed by atoms with E-state index in [0.717, 1.165) is 45.3 Å². The zero-order valence-corrected chi connectivity index (χ0v) is 18.4. The van der Waals surface area contributed by atoms with E-state index in [-0.39, 0.29) is 17.7 Å². The van der Waals surface area contributed by atoms with E-state index in [1.807, 2.05) is 0 Å². The van der Waals surface area contributed by atoms with Gasteiger partial charge in [-0.2, -0.15) is 0 Å². The Morgan fingerprint density at radius 1 is 1.11 bits per heavy atom. The van der Waals surface area contributed by atoms with E-state index in [9.17, 15) is 4.79 Å². The highest BCUT2D eigenvalue weighted by atomic mass is 16.6. The van der Waals surface area contributed by atoms with Crippen molar-refractivity contribution in [2.75, 3.05) is 26.7 Å².